The lowest BCUT2D eigenvalue weighted by Crippen LogP contribution is -2.42. The highest BCUT2D eigenvalue weighted by Gasteiger charge is 2.15. The Kier molecular flexibility index (Phi) is 4.25. The Labute approximate surface area is 104 Å². The van der Waals surface area contributed by atoms with E-state index in [1.165, 1.54) is 18.3 Å². The molecule has 0 bridgehead atoms. The third-order valence-electron chi connectivity index (χ3n) is 1.87. The van der Waals surface area contributed by atoms with E-state index in [4.69, 9.17) is 4.74 Å². The van der Waals surface area contributed by atoms with E-state index in [1.54, 1.807) is 0 Å². The average Bonchev–Trinajstić information content (AvgIpc) is 2.24. The van der Waals surface area contributed by atoms with Crippen LogP contribution in [0, 0.1) is 0 Å². The topological polar surface area (TPSA) is 88.3 Å². The van der Waals surface area contributed by atoms with E-state index < -0.39 is 5.97 Å². The highest BCUT2D eigenvalue weighted by Crippen LogP contribution is 2.00. The maximum atomic E-state index is 11.5. The van der Waals surface area contributed by atoms with Crippen molar-refractivity contribution < 1.29 is 14.3 Å². The van der Waals surface area contributed by atoms with Gasteiger partial charge in [0.05, 0.1) is 5.56 Å². The maximum absolute atomic E-state index is 11.5. The van der Waals surface area contributed by atoms with Gasteiger partial charge in [-0.1, -0.05) is 0 Å². The van der Waals surface area contributed by atoms with Crippen LogP contribution in [0.25, 0.3) is 0 Å². The molecule has 0 aliphatic carbocycles. The molecule has 0 fully saturated rings. The third kappa shape index (κ3) is 4.82. The molecule has 6 heteroatoms. The molecule has 98 valence electrons. The number of aromatic amines is 1. The number of carbonyl (C=O) groups is 2. The lowest BCUT2D eigenvalue weighted by molar-refractivity contribution is -0.125. The van der Waals surface area contributed by atoms with Gasteiger partial charge in [0.25, 0.3) is 5.91 Å². The van der Waals surface area contributed by atoms with E-state index in [2.05, 4.69) is 10.3 Å². The van der Waals surface area contributed by atoms with Crippen LogP contribution in [0.3, 0.4) is 0 Å². The minimum atomic E-state index is -0.657. The minimum absolute atomic E-state index is 0.193. The Balaban J connectivity index is 2.49. The standard InChI is InChI=1S/C12H16N2O4/c1-12(2,3)14-10(16)7-18-11(17)8-4-5-9(15)13-6-8/h4-6H,7H2,1-3H3,(H,13,15)(H,14,16). The number of aromatic nitrogens is 1. The number of nitrogens with one attached hydrogen (secondary N) is 2. The lowest BCUT2D eigenvalue weighted by atomic mass is 10.1. The number of carbonyl (C=O) groups excluding carboxylic acids is 2. The molecule has 1 aromatic rings. The Hall–Kier alpha value is -2.11. The van der Waals surface area contributed by atoms with Crippen LogP contribution < -0.4 is 10.9 Å². The van der Waals surface area contributed by atoms with Gasteiger partial charge in [0, 0.05) is 17.8 Å². The van der Waals surface area contributed by atoms with E-state index in [0.717, 1.165) is 0 Å². The molecule has 0 unspecified atom stereocenters. The molecule has 0 radical (unpaired) electrons. The Morgan fingerprint density at radius 2 is 2.00 bits per heavy atom. The summed E-state index contributed by atoms with van der Waals surface area (Å²) >= 11 is 0. The number of amides is 1. The first-order valence-electron chi connectivity index (χ1n) is 5.45. The quantitative estimate of drug-likeness (QED) is 0.764. The summed E-state index contributed by atoms with van der Waals surface area (Å²) in [6.07, 6.45) is 1.24. The van der Waals surface area contributed by atoms with E-state index >= 15 is 0 Å². The molecule has 0 aliphatic heterocycles. The molecule has 0 aromatic carbocycles. The fourth-order valence-electron chi connectivity index (χ4n) is 1.21. The van der Waals surface area contributed by atoms with Crippen molar-refractivity contribution in [3.8, 4) is 0 Å². The fourth-order valence-corrected chi connectivity index (χ4v) is 1.21. The van der Waals surface area contributed by atoms with E-state index in [-0.39, 0.29) is 29.2 Å². The van der Waals surface area contributed by atoms with Gasteiger partial charge in [-0.05, 0) is 26.8 Å². The van der Waals surface area contributed by atoms with Crippen molar-refractivity contribution >= 4 is 11.9 Å². The van der Waals surface area contributed by atoms with Crippen LogP contribution in [0.5, 0.6) is 0 Å². The van der Waals surface area contributed by atoms with Crippen LogP contribution >= 0.6 is 0 Å². The number of rotatable bonds is 3. The summed E-state index contributed by atoms with van der Waals surface area (Å²) in [5.41, 5.74) is -0.489. The summed E-state index contributed by atoms with van der Waals surface area (Å²) in [7, 11) is 0. The molecule has 0 aliphatic rings. The van der Waals surface area contributed by atoms with Gasteiger partial charge in [-0.3, -0.25) is 9.59 Å². The molecular weight excluding hydrogens is 236 g/mol. The first-order valence-corrected chi connectivity index (χ1v) is 5.45. The van der Waals surface area contributed by atoms with Gasteiger partial charge in [-0.15, -0.1) is 0 Å². The van der Waals surface area contributed by atoms with Gasteiger partial charge in [-0.2, -0.15) is 0 Å². The average molecular weight is 252 g/mol. The van der Waals surface area contributed by atoms with Gasteiger partial charge >= 0.3 is 5.97 Å². The van der Waals surface area contributed by atoms with Crippen LogP contribution in [0.4, 0.5) is 0 Å². The first kappa shape index (κ1) is 14.0. The van der Waals surface area contributed by atoms with Gasteiger partial charge in [0.1, 0.15) is 0 Å². The molecule has 1 heterocycles. The number of ether oxygens (including phenoxy) is 1. The molecule has 0 atom stereocenters. The van der Waals surface area contributed by atoms with Crippen LogP contribution in [-0.2, 0) is 9.53 Å². The van der Waals surface area contributed by atoms with Crippen molar-refractivity contribution in [1.29, 1.82) is 0 Å². The molecule has 0 saturated heterocycles. The van der Waals surface area contributed by atoms with Gasteiger partial charge < -0.3 is 15.0 Å². The van der Waals surface area contributed by atoms with Crippen LogP contribution in [0.1, 0.15) is 31.1 Å². The van der Waals surface area contributed by atoms with E-state index in [0.29, 0.717) is 0 Å². The number of pyridine rings is 1. The van der Waals surface area contributed by atoms with Crippen molar-refractivity contribution in [2.75, 3.05) is 6.61 Å². The zero-order valence-electron chi connectivity index (χ0n) is 10.6. The lowest BCUT2D eigenvalue weighted by Gasteiger charge is -2.20. The number of H-pyrrole nitrogens is 1. The molecular formula is C12H16N2O4. The maximum Gasteiger partial charge on any atom is 0.340 e. The summed E-state index contributed by atoms with van der Waals surface area (Å²) in [4.78, 5) is 36.0. The van der Waals surface area contributed by atoms with Crippen molar-refractivity contribution in [3.63, 3.8) is 0 Å². The Morgan fingerprint density at radius 1 is 1.33 bits per heavy atom. The molecule has 2 N–H and O–H groups in total. The molecule has 6 nitrogen and oxygen atoms in total. The number of hydrogen-bond donors (Lipinski definition) is 2. The molecule has 18 heavy (non-hydrogen) atoms. The largest absolute Gasteiger partial charge is 0.452 e. The van der Waals surface area contributed by atoms with Crippen molar-refractivity contribution in [1.82, 2.24) is 10.3 Å². The van der Waals surface area contributed by atoms with Crippen molar-refractivity contribution in [2.45, 2.75) is 26.3 Å². The number of hydrogen-bond acceptors (Lipinski definition) is 4. The Bertz CT molecular complexity index is 479. The van der Waals surface area contributed by atoms with Gasteiger partial charge in [-0.25, -0.2) is 4.79 Å². The molecule has 1 rings (SSSR count). The summed E-state index contributed by atoms with van der Waals surface area (Å²) in [5.74, 6) is -1.03. The molecule has 1 aromatic heterocycles. The van der Waals surface area contributed by atoms with Crippen molar-refractivity contribution in [2.24, 2.45) is 0 Å². The zero-order chi connectivity index (χ0) is 13.8. The predicted octanol–water partition coefficient (Wildman–Crippen LogP) is 0.446. The van der Waals surface area contributed by atoms with Crippen LogP contribution in [-0.4, -0.2) is 29.0 Å². The minimum Gasteiger partial charge on any atom is -0.452 e. The van der Waals surface area contributed by atoms with E-state index in [1.807, 2.05) is 20.8 Å². The van der Waals surface area contributed by atoms with Crippen LogP contribution in [0.15, 0.2) is 23.1 Å². The summed E-state index contributed by atoms with van der Waals surface area (Å²) in [6.45, 7) is 5.13. The second kappa shape index (κ2) is 5.48. The highest BCUT2D eigenvalue weighted by molar-refractivity contribution is 5.91. The van der Waals surface area contributed by atoms with Crippen LogP contribution in [0.2, 0.25) is 0 Å². The number of esters is 1. The normalized spacial score (nSPS) is 10.8. The zero-order valence-corrected chi connectivity index (χ0v) is 10.6. The summed E-state index contributed by atoms with van der Waals surface area (Å²) in [6, 6.07) is 2.55. The smallest absolute Gasteiger partial charge is 0.340 e. The summed E-state index contributed by atoms with van der Waals surface area (Å²) < 4.78 is 4.80. The SMILES string of the molecule is CC(C)(C)NC(=O)COC(=O)c1ccc(=O)[nH]c1. The molecule has 0 saturated carbocycles. The third-order valence-corrected chi connectivity index (χ3v) is 1.87. The highest BCUT2D eigenvalue weighted by atomic mass is 16.5. The monoisotopic (exact) mass is 252 g/mol. The predicted molar refractivity (Wildman–Crippen MR) is 65.2 cm³/mol. The fraction of sp³-hybridized carbons (Fsp3) is 0.417. The van der Waals surface area contributed by atoms with E-state index in [9.17, 15) is 14.4 Å². The Morgan fingerprint density at radius 3 is 2.50 bits per heavy atom. The molecule has 1 amide bonds. The van der Waals surface area contributed by atoms with Gasteiger partial charge in [0.15, 0.2) is 6.61 Å². The molecule has 0 spiro atoms. The van der Waals surface area contributed by atoms with Crippen molar-refractivity contribution in [3.05, 3.63) is 34.2 Å². The second-order valence-corrected chi connectivity index (χ2v) is 4.82. The van der Waals surface area contributed by atoms with Gasteiger partial charge in [0.2, 0.25) is 5.56 Å². The first-order chi connectivity index (χ1) is 8.28. The summed E-state index contributed by atoms with van der Waals surface area (Å²) in [5, 5.41) is 2.66. The second-order valence-electron chi connectivity index (χ2n) is 4.82.